The molecule has 1 aromatic rings. The van der Waals surface area contributed by atoms with Crippen LogP contribution in [0.25, 0.3) is 0 Å². The molecule has 6 heteroatoms. The average Bonchev–Trinajstić information content (AvgIpc) is 3.02. The number of carbonyl (C=O) groups excluding carboxylic acids is 1. The fourth-order valence-corrected chi connectivity index (χ4v) is 3.45. The number of ether oxygens (including phenoxy) is 3. The van der Waals surface area contributed by atoms with E-state index in [4.69, 9.17) is 14.2 Å². The van der Waals surface area contributed by atoms with Crippen LogP contribution >= 0.6 is 0 Å². The van der Waals surface area contributed by atoms with Crippen LogP contribution in [0, 0.1) is 17.6 Å². The number of allylic oxidation sites excluding steroid dienone is 2. The topological polar surface area (TPSA) is 44.8 Å². The van der Waals surface area contributed by atoms with Crippen LogP contribution in [-0.4, -0.2) is 25.3 Å². The van der Waals surface area contributed by atoms with Gasteiger partial charge in [-0.05, 0) is 36.5 Å². The lowest BCUT2D eigenvalue weighted by Crippen LogP contribution is -2.40. The number of fused-ring (bicyclic) bond motifs is 1. The van der Waals surface area contributed by atoms with Crippen LogP contribution in [0.2, 0.25) is 0 Å². The summed E-state index contributed by atoms with van der Waals surface area (Å²) in [7, 11) is 1.27. The van der Waals surface area contributed by atoms with E-state index in [1.807, 2.05) is 0 Å². The van der Waals surface area contributed by atoms with Gasteiger partial charge in [0.05, 0.1) is 7.11 Å². The van der Waals surface area contributed by atoms with Crippen molar-refractivity contribution in [3.8, 4) is 5.75 Å². The van der Waals surface area contributed by atoms with Gasteiger partial charge in [-0.15, -0.1) is 6.58 Å². The van der Waals surface area contributed by atoms with Gasteiger partial charge in [0.25, 0.3) is 0 Å². The zero-order valence-corrected chi connectivity index (χ0v) is 14.5. The van der Waals surface area contributed by atoms with Crippen molar-refractivity contribution >= 4 is 5.78 Å². The highest BCUT2D eigenvalue weighted by Crippen LogP contribution is 2.45. The van der Waals surface area contributed by atoms with E-state index >= 15 is 0 Å². The molecule has 3 rings (SSSR count). The number of benzene rings is 1. The maximum Gasteiger partial charge on any atom is 0.190 e. The Labute approximate surface area is 150 Å². The molecule has 0 spiro atoms. The summed E-state index contributed by atoms with van der Waals surface area (Å²) >= 11 is 0. The maximum absolute atomic E-state index is 14.3. The summed E-state index contributed by atoms with van der Waals surface area (Å²) in [6, 6.07) is 2.09. The maximum atomic E-state index is 14.3. The summed E-state index contributed by atoms with van der Waals surface area (Å²) in [5, 5.41) is 0. The van der Waals surface area contributed by atoms with E-state index in [2.05, 4.69) is 13.2 Å². The molecular weight excluding hydrogens is 342 g/mol. The van der Waals surface area contributed by atoms with E-state index in [-0.39, 0.29) is 36.2 Å². The Bertz CT molecular complexity index is 799. The van der Waals surface area contributed by atoms with Crippen LogP contribution in [0.1, 0.15) is 18.4 Å². The summed E-state index contributed by atoms with van der Waals surface area (Å²) < 4.78 is 44.3. The van der Waals surface area contributed by atoms with Crippen molar-refractivity contribution < 1.29 is 27.8 Å². The number of ketones is 1. The number of hydrogen-bond donors (Lipinski definition) is 0. The molecule has 4 nitrogen and oxygen atoms in total. The number of hydrogen-bond acceptors (Lipinski definition) is 4. The number of halogens is 2. The van der Waals surface area contributed by atoms with E-state index in [1.54, 1.807) is 6.08 Å². The minimum Gasteiger partial charge on any atom is -0.494 e. The minimum atomic E-state index is -1.01. The van der Waals surface area contributed by atoms with E-state index in [9.17, 15) is 13.6 Å². The summed E-state index contributed by atoms with van der Waals surface area (Å²) in [4.78, 5) is 12.2. The predicted octanol–water partition coefficient (Wildman–Crippen LogP) is 3.86. The molecule has 0 radical (unpaired) electrons. The lowest BCUT2D eigenvalue weighted by molar-refractivity contribution is -0.121. The first-order valence-corrected chi connectivity index (χ1v) is 8.25. The molecular formula is C20H20F2O4. The summed E-state index contributed by atoms with van der Waals surface area (Å²) in [5.41, 5.74) is -0.370. The van der Waals surface area contributed by atoms with Crippen molar-refractivity contribution in [1.82, 2.24) is 0 Å². The summed E-state index contributed by atoms with van der Waals surface area (Å²) in [5.74, 6) is -1.41. The van der Waals surface area contributed by atoms with Gasteiger partial charge in [-0.3, -0.25) is 4.79 Å². The Kier molecular flexibility index (Phi) is 4.96. The van der Waals surface area contributed by atoms with Crippen molar-refractivity contribution in [2.75, 3.05) is 13.9 Å². The smallest absolute Gasteiger partial charge is 0.190 e. The van der Waals surface area contributed by atoms with Gasteiger partial charge in [-0.25, -0.2) is 8.78 Å². The van der Waals surface area contributed by atoms with Gasteiger partial charge >= 0.3 is 0 Å². The average molecular weight is 362 g/mol. The molecule has 0 unspecified atom stereocenters. The van der Waals surface area contributed by atoms with E-state index in [0.717, 1.165) is 12.1 Å². The quantitative estimate of drug-likeness (QED) is 0.721. The Morgan fingerprint density at radius 3 is 2.88 bits per heavy atom. The molecule has 1 heterocycles. The van der Waals surface area contributed by atoms with E-state index in [0.29, 0.717) is 24.2 Å². The normalized spacial score (nSPS) is 24.5. The molecule has 138 valence electrons. The van der Waals surface area contributed by atoms with Crippen molar-refractivity contribution in [2.45, 2.75) is 24.9 Å². The molecule has 0 N–H and O–H groups in total. The van der Waals surface area contributed by atoms with E-state index in [1.165, 1.54) is 13.2 Å². The molecule has 0 aromatic heterocycles. The van der Waals surface area contributed by atoms with E-state index < -0.39 is 17.2 Å². The summed E-state index contributed by atoms with van der Waals surface area (Å²) in [6.45, 7) is 7.70. The number of rotatable bonds is 6. The molecule has 1 aromatic carbocycles. The van der Waals surface area contributed by atoms with Gasteiger partial charge < -0.3 is 14.2 Å². The van der Waals surface area contributed by atoms with Crippen molar-refractivity contribution in [2.24, 2.45) is 5.92 Å². The van der Waals surface area contributed by atoms with Gasteiger partial charge in [0.2, 0.25) is 0 Å². The number of methoxy groups -OCH3 is 1. The molecule has 2 atom stereocenters. The molecule has 1 aliphatic carbocycles. The predicted molar refractivity (Wildman–Crippen MR) is 91.5 cm³/mol. The second-order valence-corrected chi connectivity index (χ2v) is 6.43. The molecule has 2 aliphatic rings. The first kappa shape index (κ1) is 18.3. The van der Waals surface area contributed by atoms with Crippen molar-refractivity contribution in [1.29, 1.82) is 0 Å². The Hall–Kier alpha value is -2.47. The molecule has 1 saturated heterocycles. The highest BCUT2D eigenvalue weighted by atomic mass is 19.1. The largest absolute Gasteiger partial charge is 0.494 e. The number of carbonyl (C=O) groups is 1. The zero-order valence-electron chi connectivity index (χ0n) is 14.5. The third-order valence-corrected chi connectivity index (χ3v) is 4.87. The summed E-state index contributed by atoms with van der Waals surface area (Å²) in [6.07, 6.45) is 3.96. The van der Waals surface area contributed by atoms with Crippen LogP contribution in [0.5, 0.6) is 5.75 Å². The fraction of sp³-hybridized carbons (Fsp3) is 0.350. The molecule has 26 heavy (non-hydrogen) atoms. The zero-order chi connectivity index (χ0) is 18.9. The van der Waals surface area contributed by atoms with Crippen LogP contribution in [0.4, 0.5) is 8.78 Å². The highest BCUT2D eigenvalue weighted by Gasteiger charge is 2.50. The van der Waals surface area contributed by atoms with Crippen molar-refractivity contribution in [3.05, 3.63) is 66.0 Å². The van der Waals surface area contributed by atoms with Crippen LogP contribution in [0.15, 0.2) is 48.8 Å². The Balaban J connectivity index is 1.91. The van der Waals surface area contributed by atoms with Gasteiger partial charge in [-0.2, -0.15) is 0 Å². The molecule has 1 fully saturated rings. The highest BCUT2D eigenvalue weighted by molar-refractivity contribution is 5.94. The second-order valence-electron chi connectivity index (χ2n) is 6.43. The van der Waals surface area contributed by atoms with Crippen LogP contribution in [0.3, 0.4) is 0 Å². The van der Waals surface area contributed by atoms with Gasteiger partial charge in [0.1, 0.15) is 11.6 Å². The molecule has 0 bridgehead atoms. The first-order valence-electron chi connectivity index (χ1n) is 8.25. The molecule has 0 amide bonds. The SMILES string of the molecule is C=CC[C@H]1C[C@]2(C(=C)Cc3cc(F)c(OC)cc3F)OCOC2=CC1=O. The second kappa shape index (κ2) is 7.03. The first-order chi connectivity index (χ1) is 12.4. The van der Waals surface area contributed by atoms with Gasteiger partial charge in [0.15, 0.2) is 29.7 Å². The molecule has 1 aliphatic heterocycles. The van der Waals surface area contributed by atoms with Gasteiger partial charge in [-0.1, -0.05) is 12.7 Å². The Morgan fingerprint density at radius 2 is 2.19 bits per heavy atom. The molecule has 0 saturated carbocycles. The third kappa shape index (κ3) is 3.05. The standard InChI is InChI=1S/C20H20F2O4/c1-4-5-13-10-20(19(9-17(13)23)25-11-26-20)12(2)6-14-7-16(22)18(24-3)8-15(14)21/h4,7-9,13H,1-2,5-6,10-11H2,3H3/t13-,20+/m0/s1. The lowest BCUT2D eigenvalue weighted by Gasteiger charge is -2.35. The lowest BCUT2D eigenvalue weighted by atomic mass is 9.74. The minimum absolute atomic E-state index is 0.0155. The van der Waals surface area contributed by atoms with Crippen molar-refractivity contribution in [3.63, 3.8) is 0 Å². The van der Waals surface area contributed by atoms with Crippen LogP contribution < -0.4 is 4.74 Å². The fourth-order valence-electron chi connectivity index (χ4n) is 3.45. The Morgan fingerprint density at radius 1 is 1.42 bits per heavy atom. The van der Waals surface area contributed by atoms with Crippen LogP contribution in [-0.2, 0) is 20.7 Å². The monoisotopic (exact) mass is 362 g/mol. The third-order valence-electron chi connectivity index (χ3n) is 4.87. The van der Waals surface area contributed by atoms with Gasteiger partial charge in [0, 0.05) is 18.1 Å².